The number of hydrogen-bond donors (Lipinski definition) is 0. The van der Waals surface area contributed by atoms with Gasteiger partial charge in [0.1, 0.15) is 5.78 Å². The lowest BCUT2D eigenvalue weighted by Crippen LogP contribution is -2.24. The van der Waals surface area contributed by atoms with Gasteiger partial charge in [0.15, 0.2) is 0 Å². The number of carbonyl (C=O) groups is 5. The fourth-order valence-electron chi connectivity index (χ4n) is 2.66. The molecule has 0 saturated carbocycles. The van der Waals surface area contributed by atoms with E-state index in [1.165, 1.54) is 0 Å². The van der Waals surface area contributed by atoms with Gasteiger partial charge >= 0.3 is 23.9 Å². The molecule has 9 nitrogen and oxygen atoms in total. The number of ether oxygens (including phenoxy) is 4. The second kappa shape index (κ2) is 17.1. The molecule has 9 heteroatoms. The van der Waals surface area contributed by atoms with Crippen LogP contribution in [-0.4, -0.2) is 49.7 Å². The van der Waals surface area contributed by atoms with Gasteiger partial charge in [-0.15, -0.1) is 0 Å². The number of rotatable bonds is 17. The van der Waals surface area contributed by atoms with Crippen molar-refractivity contribution in [2.75, 3.05) is 20.0 Å². The maximum absolute atomic E-state index is 11.8. The maximum atomic E-state index is 11.8. The Morgan fingerprint density at radius 3 is 1.31 bits per heavy atom. The number of esters is 4. The summed E-state index contributed by atoms with van der Waals surface area (Å²) in [6.45, 7) is 10.8. The van der Waals surface area contributed by atoms with Gasteiger partial charge < -0.3 is 18.9 Å². The molecule has 35 heavy (non-hydrogen) atoms. The van der Waals surface area contributed by atoms with E-state index >= 15 is 0 Å². The molecule has 0 atom stereocenters. The van der Waals surface area contributed by atoms with Gasteiger partial charge in [0, 0.05) is 11.8 Å². The zero-order valence-corrected chi connectivity index (χ0v) is 22.4. The third-order valence-electron chi connectivity index (χ3n) is 5.01. The van der Waals surface area contributed by atoms with Crippen LogP contribution in [0.2, 0.25) is 0 Å². The highest BCUT2D eigenvalue weighted by Crippen LogP contribution is 2.18. The van der Waals surface area contributed by atoms with Gasteiger partial charge in [-0.3, -0.25) is 24.0 Å². The predicted octanol–water partition coefficient (Wildman–Crippen LogP) is 4.68. The van der Waals surface area contributed by atoms with Crippen molar-refractivity contribution < 1.29 is 42.9 Å². The Bertz CT molecular complexity index is 684. The van der Waals surface area contributed by atoms with Crippen molar-refractivity contribution in [3.63, 3.8) is 0 Å². The van der Waals surface area contributed by atoms with Crippen molar-refractivity contribution in [1.82, 2.24) is 0 Å². The van der Waals surface area contributed by atoms with E-state index in [0.29, 0.717) is 13.2 Å². The molecule has 0 aliphatic rings. The van der Waals surface area contributed by atoms with E-state index in [1.807, 2.05) is 20.8 Å². The Labute approximate surface area is 209 Å². The molecule has 0 unspecified atom stereocenters. The standard InChI is InChI=1S/C26H44O9/c1-25(2,3)20(27)13-14-21(28)32-17-11-9-7-8-10-12-18-33-22(29)15-16-23(30)34-19-35-24(31)26(4,5)6/h7-19H2,1-6H3. The molecule has 0 aromatic rings. The van der Waals surface area contributed by atoms with E-state index in [2.05, 4.69) is 0 Å². The third kappa shape index (κ3) is 18.5. The van der Waals surface area contributed by atoms with Crippen molar-refractivity contribution in [3.05, 3.63) is 0 Å². The third-order valence-corrected chi connectivity index (χ3v) is 5.01. The van der Waals surface area contributed by atoms with E-state index in [0.717, 1.165) is 38.5 Å². The molecule has 202 valence electrons. The molecule has 0 amide bonds. The molecule has 0 heterocycles. The minimum absolute atomic E-state index is 0.0542. The fourth-order valence-corrected chi connectivity index (χ4v) is 2.66. The van der Waals surface area contributed by atoms with Crippen LogP contribution in [0.1, 0.15) is 106 Å². The Morgan fingerprint density at radius 1 is 0.486 bits per heavy atom. The second-order valence-electron chi connectivity index (χ2n) is 10.6. The highest BCUT2D eigenvalue weighted by Gasteiger charge is 2.23. The van der Waals surface area contributed by atoms with E-state index in [4.69, 9.17) is 18.9 Å². The average molecular weight is 501 g/mol. The minimum atomic E-state index is -0.680. The Morgan fingerprint density at radius 2 is 0.886 bits per heavy atom. The lowest BCUT2D eigenvalue weighted by molar-refractivity contribution is -0.174. The van der Waals surface area contributed by atoms with Gasteiger partial charge in [-0.2, -0.15) is 0 Å². The van der Waals surface area contributed by atoms with Gasteiger partial charge in [-0.1, -0.05) is 46.5 Å². The number of ketones is 1. The van der Waals surface area contributed by atoms with Crippen LogP contribution in [0.3, 0.4) is 0 Å². The molecule has 0 bridgehead atoms. The van der Waals surface area contributed by atoms with E-state index < -0.39 is 35.5 Å². The largest absolute Gasteiger partial charge is 0.466 e. The molecule has 0 N–H and O–H groups in total. The smallest absolute Gasteiger partial charge is 0.314 e. The first kappa shape index (κ1) is 32.5. The van der Waals surface area contributed by atoms with Crippen LogP contribution in [0.5, 0.6) is 0 Å². The molecule has 0 radical (unpaired) electrons. The summed E-state index contributed by atoms with van der Waals surface area (Å²) < 4.78 is 19.9. The zero-order valence-electron chi connectivity index (χ0n) is 22.4. The van der Waals surface area contributed by atoms with Gasteiger partial charge in [0.2, 0.25) is 6.79 Å². The van der Waals surface area contributed by atoms with Crippen molar-refractivity contribution in [2.45, 2.75) is 106 Å². The molecule has 0 aromatic carbocycles. The normalized spacial score (nSPS) is 11.5. The first-order valence-electron chi connectivity index (χ1n) is 12.4. The summed E-state index contributed by atoms with van der Waals surface area (Å²) in [6.07, 6.45) is 5.43. The zero-order chi connectivity index (χ0) is 26.9. The number of hydrogen-bond acceptors (Lipinski definition) is 9. The van der Waals surface area contributed by atoms with Gasteiger partial charge in [-0.05, 0) is 33.6 Å². The van der Waals surface area contributed by atoms with Gasteiger partial charge in [0.05, 0.1) is 37.9 Å². The fraction of sp³-hybridized carbons (Fsp3) is 0.808. The number of Topliss-reactive ketones (excluding diaryl/α,β-unsaturated/α-hetero) is 1. The summed E-state index contributed by atoms with van der Waals surface area (Å²) >= 11 is 0. The van der Waals surface area contributed by atoms with Crippen LogP contribution in [0.15, 0.2) is 0 Å². The number of unbranched alkanes of at least 4 members (excludes halogenated alkanes) is 5. The summed E-state index contributed by atoms with van der Waals surface area (Å²) in [4.78, 5) is 58.3. The SMILES string of the molecule is CC(C)(C)C(=O)CCC(=O)OCCCCCCCCOC(=O)CCC(=O)OCOC(=O)C(C)(C)C. The first-order chi connectivity index (χ1) is 16.2. The summed E-state index contributed by atoms with van der Waals surface area (Å²) in [5.74, 6) is -1.86. The monoisotopic (exact) mass is 500 g/mol. The van der Waals surface area contributed by atoms with Crippen molar-refractivity contribution in [1.29, 1.82) is 0 Å². The molecule has 0 fully saturated rings. The van der Waals surface area contributed by atoms with E-state index in [-0.39, 0.29) is 37.4 Å². The highest BCUT2D eigenvalue weighted by molar-refractivity contribution is 5.86. The van der Waals surface area contributed by atoms with Crippen LogP contribution in [0.25, 0.3) is 0 Å². The van der Waals surface area contributed by atoms with Crippen molar-refractivity contribution >= 4 is 29.7 Å². The predicted molar refractivity (Wildman–Crippen MR) is 129 cm³/mol. The molecule has 0 saturated heterocycles. The van der Waals surface area contributed by atoms with Crippen LogP contribution in [-0.2, 0) is 42.9 Å². The van der Waals surface area contributed by atoms with Crippen LogP contribution in [0, 0.1) is 10.8 Å². The minimum Gasteiger partial charge on any atom is -0.466 e. The molecule has 0 rings (SSSR count). The Hall–Kier alpha value is -2.45. The maximum Gasteiger partial charge on any atom is 0.314 e. The second-order valence-corrected chi connectivity index (χ2v) is 10.6. The lowest BCUT2D eigenvalue weighted by atomic mass is 9.88. The summed E-state index contributed by atoms with van der Waals surface area (Å²) in [5.41, 5.74) is -1.11. The van der Waals surface area contributed by atoms with Crippen LogP contribution >= 0.6 is 0 Å². The van der Waals surface area contributed by atoms with E-state index in [1.54, 1.807) is 20.8 Å². The lowest BCUT2D eigenvalue weighted by Gasteiger charge is -2.16. The van der Waals surface area contributed by atoms with Gasteiger partial charge in [-0.25, -0.2) is 0 Å². The first-order valence-corrected chi connectivity index (χ1v) is 12.4. The Kier molecular flexibility index (Phi) is 15.9. The van der Waals surface area contributed by atoms with Gasteiger partial charge in [0.25, 0.3) is 0 Å². The molecule has 0 aromatic heterocycles. The summed E-state index contributed by atoms with van der Waals surface area (Å²) in [7, 11) is 0. The topological polar surface area (TPSA) is 122 Å². The summed E-state index contributed by atoms with van der Waals surface area (Å²) in [6, 6.07) is 0. The quantitative estimate of drug-likeness (QED) is 0.121. The van der Waals surface area contributed by atoms with Crippen molar-refractivity contribution in [2.24, 2.45) is 10.8 Å². The van der Waals surface area contributed by atoms with Crippen LogP contribution in [0.4, 0.5) is 0 Å². The molecule has 0 aliphatic carbocycles. The molecular weight excluding hydrogens is 456 g/mol. The van der Waals surface area contributed by atoms with Crippen LogP contribution < -0.4 is 0 Å². The molecular formula is C26H44O9. The molecule has 0 aliphatic heterocycles. The summed E-state index contributed by atoms with van der Waals surface area (Å²) in [5, 5.41) is 0. The number of carbonyl (C=O) groups excluding carboxylic acids is 5. The average Bonchev–Trinajstić information content (AvgIpc) is 2.75. The van der Waals surface area contributed by atoms with E-state index in [9.17, 15) is 24.0 Å². The molecule has 0 spiro atoms. The highest BCUT2D eigenvalue weighted by atomic mass is 16.7. The Balaban J connectivity index is 3.57. The van der Waals surface area contributed by atoms with Crippen molar-refractivity contribution in [3.8, 4) is 0 Å².